The average Bonchev–Trinajstić information content (AvgIpc) is 3.35. The number of benzene rings is 2. The number of carbonyl (C=O) groups excluding carboxylic acids is 4. The maximum Gasteiger partial charge on any atom is 0.234 e. The predicted octanol–water partition coefficient (Wildman–Crippen LogP) is 4.66. The SMILES string of the molecule is CCC12C(c3ccccc3)=C(c3ccccc3)C([C@H]3C(=O)N(C(C)C)C(=O)[C@@H]31)[C@H]1C(=O)N(C(C)C)C(=O)[C@@H]12. The van der Waals surface area contributed by atoms with Crippen molar-refractivity contribution in [1.82, 2.24) is 9.80 Å². The van der Waals surface area contributed by atoms with Crippen LogP contribution in [-0.2, 0) is 19.2 Å². The van der Waals surface area contributed by atoms with Gasteiger partial charge in [-0.3, -0.25) is 29.0 Å². The van der Waals surface area contributed by atoms with E-state index in [9.17, 15) is 19.2 Å². The van der Waals surface area contributed by atoms with Crippen LogP contribution in [-0.4, -0.2) is 45.5 Å². The van der Waals surface area contributed by atoms with E-state index in [2.05, 4.69) is 0 Å². The fourth-order valence-corrected chi connectivity index (χ4v) is 8.36. The Bertz CT molecular complexity index is 1320. The largest absolute Gasteiger partial charge is 0.280 e. The molecule has 4 amide bonds. The zero-order valence-electron chi connectivity index (χ0n) is 22.5. The number of allylic oxidation sites excluding steroid dienone is 2. The second-order valence-corrected chi connectivity index (χ2v) is 11.7. The van der Waals surface area contributed by atoms with Crippen LogP contribution in [0, 0.1) is 35.0 Å². The minimum absolute atomic E-state index is 0.205. The summed E-state index contributed by atoms with van der Waals surface area (Å²) >= 11 is 0. The van der Waals surface area contributed by atoms with Crippen molar-refractivity contribution in [2.24, 2.45) is 35.0 Å². The van der Waals surface area contributed by atoms with Gasteiger partial charge >= 0.3 is 0 Å². The normalized spacial score (nSPS) is 32.2. The minimum Gasteiger partial charge on any atom is -0.280 e. The smallest absolute Gasteiger partial charge is 0.234 e. The second kappa shape index (κ2) is 8.48. The molecule has 0 spiro atoms. The van der Waals surface area contributed by atoms with Crippen LogP contribution in [0.25, 0.3) is 11.1 Å². The van der Waals surface area contributed by atoms with Crippen LogP contribution in [0.4, 0.5) is 0 Å². The summed E-state index contributed by atoms with van der Waals surface area (Å²) in [5, 5.41) is 0. The lowest BCUT2D eigenvalue weighted by Crippen LogP contribution is -2.60. The first kappa shape index (κ1) is 24.8. The molecular weight excluding hydrogens is 476 g/mol. The zero-order valence-corrected chi connectivity index (χ0v) is 22.5. The number of likely N-dealkylation sites (tertiary alicyclic amines) is 2. The monoisotopic (exact) mass is 510 g/mol. The highest BCUT2D eigenvalue weighted by molar-refractivity contribution is 6.17. The summed E-state index contributed by atoms with van der Waals surface area (Å²) in [5.41, 5.74) is 2.81. The van der Waals surface area contributed by atoms with Gasteiger partial charge in [0.15, 0.2) is 0 Å². The molecule has 2 aromatic rings. The highest BCUT2D eigenvalue weighted by atomic mass is 16.2. The Hall–Kier alpha value is -3.54. The summed E-state index contributed by atoms with van der Waals surface area (Å²) in [6, 6.07) is 19.3. The third kappa shape index (κ3) is 2.89. The van der Waals surface area contributed by atoms with Gasteiger partial charge in [0.1, 0.15) is 0 Å². The molecule has 0 radical (unpaired) electrons. The van der Waals surface area contributed by atoms with E-state index in [4.69, 9.17) is 0 Å². The molecule has 1 saturated carbocycles. The molecule has 3 aliphatic carbocycles. The fourth-order valence-electron chi connectivity index (χ4n) is 8.36. The molecule has 4 atom stereocenters. The van der Waals surface area contributed by atoms with Crippen LogP contribution >= 0.6 is 0 Å². The lowest BCUT2D eigenvalue weighted by atomic mass is 9.40. The quantitative estimate of drug-likeness (QED) is 0.549. The Kier molecular flexibility index (Phi) is 5.53. The van der Waals surface area contributed by atoms with E-state index in [1.54, 1.807) is 0 Å². The molecule has 196 valence electrons. The number of rotatable bonds is 5. The molecule has 5 aliphatic rings. The van der Waals surface area contributed by atoms with Crippen molar-refractivity contribution < 1.29 is 19.2 Å². The summed E-state index contributed by atoms with van der Waals surface area (Å²) in [4.78, 5) is 59.5. The maximum absolute atomic E-state index is 14.2. The Morgan fingerprint density at radius 3 is 1.45 bits per heavy atom. The Morgan fingerprint density at radius 2 is 1.05 bits per heavy atom. The molecular formula is C32H34N2O4. The number of nitrogens with zero attached hydrogens (tertiary/aromatic N) is 2. The molecule has 2 saturated heterocycles. The van der Waals surface area contributed by atoms with Crippen LogP contribution in [0.5, 0.6) is 0 Å². The van der Waals surface area contributed by atoms with Gasteiger partial charge < -0.3 is 0 Å². The molecule has 0 aromatic heterocycles. The summed E-state index contributed by atoms with van der Waals surface area (Å²) in [5.74, 6) is -4.08. The third-order valence-corrected chi connectivity index (χ3v) is 9.49. The fraction of sp³-hybridized carbons (Fsp3) is 0.438. The van der Waals surface area contributed by atoms with Crippen molar-refractivity contribution in [2.75, 3.05) is 0 Å². The highest BCUT2D eigenvalue weighted by Crippen LogP contribution is 2.73. The van der Waals surface area contributed by atoms with Crippen molar-refractivity contribution >= 4 is 34.8 Å². The van der Waals surface area contributed by atoms with Gasteiger partial charge in [0, 0.05) is 23.4 Å². The van der Waals surface area contributed by atoms with Crippen molar-refractivity contribution in [3.8, 4) is 0 Å². The Morgan fingerprint density at radius 1 is 0.632 bits per heavy atom. The third-order valence-electron chi connectivity index (χ3n) is 9.49. The van der Waals surface area contributed by atoms with Crippen molar-refractivity contribution in [2.45, 2.75) is 53.1 Å². The lowest BCUT2D eigenvalue weighted by Gasteiger charge is -2.59. The van der Waals surface area contributed by atoms with Crippen LogP contribution in [0.1, 0.15) is 52.2 Å². The van der Waals surface area contributed by atoms with Crippen LogP contribution in [0.2, 0.25) is 0 Å². The van der Waals surface area contributed by atoms with E-state index < -0.39 is 35.0 Å². The molecule has 2 aliphatic heterocycles. The molecule has 2 heterocycles. The molecule has 0 unspecified atom stereocenters. The Balaban J connectivity index is 1.75. The first-order valence-corrected chi connectivity index (χ1v) is 13.8. The summed E-state index contributed by atoms with van der Waals surface area (Å²) in [6.45, 7) is 9.44. The number of hydrogen-bond donors (Lipinski definition) is 0. The molecule has 6 heteroatoms. The van der Waals surface area contributed by atoms with Gasteiger partial charge in [-0.1, -0.05) is 67.6 Å². The maximum atomic E-state index is 14.2. The van der Waals surface area contributed by atoms with E-state index in [1.807, 2.05) is 95.3 Å². The van der Waals surface area contributed by atoms with Gasteiger partial charge in [0.05, 0.1) is 23.7 Å². The van der Waals surface area contributed by atoms with E-state index >= 15 is 0 Å². The summed E-state index contributed by atoms with van der Waals surface area (Å²) in [6.07, 6.45) is 0.471. The van der Waals surface area contributed by atoms with E-state index in [1.165, 1.54) is 9.80 Å². The molecule has 0 N–H and O–H groups in total. The molecule has 6 nitrogen and oxygen atoms in total. The van der Waals surface area contributed by atoms with Gasteiger partial charge in [0.25, 0.3) is 0 Å². The van der Waals surface area contributed by atoms with Gasteiger partial charge in [0.2, 0.25) is 23.6 Å². The lowest BCUT2D eigenvalue weighted by molar-refractivity contribution is -0.146. The standard InChI is InChI=1S/C32H34N2O4/c1-6-32-25(20-15-11-8-12-16-20)21(19-13-9-7-10-14-19)22(23-26(32)30(37)33(17(2)3)28(23)35)24-27(32)31(38)34(18(4)5)29(24)36/h7-18,22-24,26-27H,6H2,1-5H3/t22?,23-,24-,26-,27-,32?/m1/s1. The van der Waals surface area contributed by atoms with Gasteiger partial charge in [-0.25, -0.2) is 0 Å². The van der Waals surface area contributed by atoms with E-state index in [-0.39, 0.29) is 35.7 Å². The zero-order chi connectivity index (χ0) is 27.1. The molecule has 3 fully saturated rings. The van der Waals surface area contributed by atoms with Gasteiger partial charge in [-0.05, 0) is 56.4 Å². The number of carbonyl (C=O) groups is 4. The van der Waals surface area contributed by atoms with Crippen LogP contribution in [0.15, 0.2) is 60.7 Å². The van der Waals surface area contributed by atoms with Crippen molar-refractivity contribution in [3.05, 3.63) is 71.8 Å². The predicted molar refractivity (Wildman–Crippen MR) is 144 cm³/mol. The van der Waals surface area contributed by atoms with Crippen LogP contribution in [0.3, 0.4) is 0 Å². The summed E-state index contributed by atoms with van der Waals surface area (Å²) < 4.78 is 0. The first-order chi connectivity index (χ1) is 18.2. The number of imide groups is 2. The van der Waals surface area contributed by atoms with Gasteiger partial charge in [-0.2, -0.15) is 0 Å². The summed E-state index contributed by atoms with van der Waals surface area (Å²) in [7, 11) is 0. The van der Waals surface area contributed by atoms with Gasteiger partial charge in [-0.15, -0.1) is 0 Å². The highest BCUT2D eigenvalue weighted by Gasteiger charge is 2.77. The number of hydrogen-bond acceptors (Lipinski definition) is 4. The van der Waals surface area contributed by atoms with E-state index in [0.29, 0.717) is 6.42 Å². The topological polar surface area (TPSA) is 74.8 Å². The number of amides is 4. The molecule has 2 bridgehead atoms. The molecule has 38 heavy (non-hydrogen) atoms. The van der Waals surface area contributed by atoms with Crippen molar-refractivity contribution in [1.29, 1.82) is 0 Å². The van der Waals surface area contributed by atoms with Crippen LogP contribution < -0.4 is 0 Å². The second-order valence-electron chi connectivity index (χ2n) is 11.7. The Labute approximate surface area is 223 Å². The molecule has 2 aromatic carbocycles. The van der Waals surface area contributed by atoms with E-state index in [0.717, 1.165) is 22.3 Å². The molecule has 7 rings (SSSR count). The average molecular weight is 511 g/mol. The minimum atomic E-state index is -0.983. The first-order valence-electron chi connectivity index (χ1n) is 13.8. The van der Waals surface area contributed by atoms with Crippen molar-refractivity contribution in [3.63, 3.8) is 0 Å².